The molecule has 2 heterocycles. The largest absolute Gasteiger partial charge is 0.320 e. The lowest BCUT2D eigenvalue weighted by molar-refractivity contribution is 0.102. The minimum absolute atomic E-state index is 0. The molecule has 2 N–H and O–H groups in total. The topological polar surface area (TPSA) is 59.0 Å². The molecule has 0 aliphatic carbocycles. The van der Waals surface area contributed by atoms with Crippen molar-refractivity contribution in [1.82, 2.24) is 15.1 Å². The third-order valence-electron chi connectivity index (χ3n) is 5.69. The molecule has 31 heavy (non-hydrogen) atoms. The van der Waals surface area contributed by atoms with Crippen LogP contribution in [0.4, 0.5) is 5.69 Å². The summed E-state index contributed by atoms with van der Waals surface area (Å²) in [5, 5.41) is 11.9. The van der Waals surface area contributed by atoms with Crippen LogP contribution in [0.5, 0.6) is 0 Å². The van der Waals surface area contributed by atoms with Gasteiger partial charge in [-0.3, -0.25) is 4.79 Å². The molecule has 0 atom stereocenters. The first kappa shape index (κ1) is 23.6. The zero-order valence-electron chi connectivity index (χ0n) is 17.4. The van der Waals surface area contributed by atoms with Gasteiger partial charge in [0.25, 0.3) is 5.91 Å². The van der Waals surface area contributed by atoms with Gasteiger partial charge in [0.15, 0.2) is 0 Å². The van der Waals surface area contributed by atoms with Crippen LogP contribution in [0.15, 0.2) is 42.6 Å². The molecule has 1 aliphatic rings. The lowest BCUT2D eigenvalue weighted by atomic mass is 9.91. The molecule has 164 valence electrons. The van der Waals surface area contributed by atoms with Crippen molar-refractivity contribution in [2.75, 3.05) is 18.4 Å². The second kappa shape index (κ2) is 10.0. The molecule has 0 unspecified atom stereocenters. The van der Waals surface area contributed by atoms with E-state index in [1.807, 2.05) is 4.68 Å². The molecule has 0 bridgehead atoms. The number of rotatable bonds is 4. The number of hydrogen-bond acceptors (Lipinski definition) is 3. The first-order chi connectivity index (χ1) is 14.4. The van der Waals surface area contributed by atoms with E-state index in [1.165, 1.54) is 11.1 Å². The minimum atomic E-state index is -0.234. The smallest absolute Gasteiger partial charge is 0.259 e. The lowest BCUT2D eigenvalue weighted by Crippen LogP contribution is -2.29. The molecule has 2 aromatic carbocycles. The van der Waals surface area contributed by atoms with Gasteiger partial charge in [0, 0.05) is 10.9 Å². The Bertz CT molecular complexity index is 1090. The van der Waals surface area contributed by atoms with Gasteiger partial charge < -0.3 is 10.6 Å². The molecule has 1 aliphatic heterocycles. The fourth-order valence-corrected chi connectivity index (χ4v) is 4.20. The summed E-state index contributed by atoms with van der Waals surface area (Å²) in [6, 6.07) is 11.3. The number of benzene rings is 2. The summed E-state index contributed by atoms with van der Waals surface area (Å²) in [5.74, 6) is 0.00808. The normalized spacial score (nSPS) is 14.2. The summed E-state index contributed by atoms with van der Waals surface area (Å²) in [6.07, 6.45) is 3.56. The monoisotopic (exact) mass is 478 g/mol. The molecule has 8 heteroatoms. The fraction of sp³-hybridized carbons (Fsp3) is 0.304. The Morgan fingerprint density at radius 1 is 1.10 bits per heavy atom. The van der Waals surface area contributed by atoms with Crippen molar-refractivity contribution in [1.29, 1.82) is 0 Å². The second-order valence-electron chi connectivity index (χ2n) is 7.73. The van der Waals surface area contributed by atoms with Crippen molar-refractivity contribution in [3.05, 3.63) is 75.0 Å². The number of aryl methyl sites for hydroxylation is 2. The van der Waals surface area contributed by atoms with Crippen molar-refractivity contribution in [3.63, 3.8) is 0 Å². The van der Waals surface area contributed by atoms with Crippen molar-refractivity contribution >= 4 is 47.2 Å². The van der Waals surface area contributed by atoms with Gasteiger partial charge in [-0.25, -0.2) is 4.68 Å². The second-order valence-corrected chi connectivity index (χ2v) is 8.57. The Morgan fingerprint density at radius 2 is 1.84 bits per heavy atom. The quantitative estimate of drug-likeness (QED) is 0.487. The highest BCUT2D eigenvalue weighted by molar-refractivity contribution is 6.35. The van der Waals surface area contributed by atoms with Crippen LogP contribution in [0.25, 0.3) is 5.69 Å². The Balaban J connectivity index is 0.00000272. The number of carbonyl (C=O) groups is 1. The van der Waals surface area contributed by atoms with E-state index >= 15 is 0 Å². The van der Waals surface area contributed by atoms with Crippen LogP contribution in [0.3, 0.4) is 0 Å². The molecule has 4 rings (SSSR count). The van der Waals surface area contributed by atoms with Gasteiger partial charge in [0.1, 0.15) is 0 Å². The summed E-state index contributed by atoms with van der Waals surface area (Å²) in [6.45, 7) is 6.01. The van der Waals surface area contributed by atoms with E-state index in [1.54, 1.807) is 24.4 Å². The molecule has 5 nitrogen and oxygen atoms in total. The third-order valence-corrected chi connectivity index (χ3v) is 6.25. The van der Waals surface area contributed by atoms with Crippen LogP contribution in [-0.4, -0.2) is 28.8 Å². The standard InChI is InChI=1S/C23H24Cl2N4O.ClH/c1-14-3-5-18(11-15(14)2)29-22(16-7-9-26-10-8-16)19(13-27-29)23(30)28-21-12-17(24)4-6-20(21)25;/h3-6,11-13,16,26H,7-10H2,1-2H3,(H,28,30);1H. The van der Waals surface area contributed by atoms with E-state index in [9.17, 15) is 4.79 Å². The Hall–Kier alpha value is -2.05. The summed E-state index contributed by atoms with van der Waals surface area (Å²) >= 11 is 12.3. The van der Waals surface area contributed by atoms with E-state index in [2.05, 4.69) is 47.8 Å². The number of aromatic nitrogens is 2. The molecule has 1 amide bonds. The van der Waals surface area contributed by atoms with Crippen LogP contribution in [-0.2, 0) is 0 Å². The van der Waals surface area contributed by atoms with Crippen LogP contribution < -0.4 is 10.6 Å². The maximum atomic E-state index is 13.2. The van der Waals surface area contributed by atoms with Crippen molar-refractivity contribution in [2.24, 2.45) is 0 Å². The molecule has 1 aromatic heterocycles. The van der Waals surface area contributed by atoms with Crippen LogP contribution in [0.1, 0.15) is 45.9 Å². The summed E-state index contributed by atoms with van der Waals surface area (Å²) in [4.78, 5) is 13.2. The molecule has 1 saturated heterocycles. The Morgan fingerprint density at radius 3 is 2.55 bits per heavy atom. The van der Waals surface area contributed by atoms with E-state index in [0.717, 1.165) is 37.3 Å². The first-order valence-electron chi connectivity index (χ1n) is 10.1. The average Bonchev–Trinajstić information content (AvgIpc) is 3.18. The number of halogens is 3. The molecule has 1 fully saturated rings. The Labute approximate surface area is 198 Å². The van der Waals surface area contributed by atoms with E-state index in [4.69, 9.17) is 23.2 Å². The predicted octanol–water partition coefficient (Wildman–Crippen LogP) is 5.94. The lowest BCUT2D eigenvalue weighted by Gasteiger charge is -2.25. The first-order valence-corrected chi connectivity index (χ1v) is 10.8. The van der Waals surface area contributed by atoms with Crippen LogP contribution >= 0.6 is 35.6 Å². The summed E-state index contributed by atoms with van der Waals surface area (Å²) in [7, 11) is 0. The summed E-state index contributed by atoms with van der Waals surface area (Å²) < 4.78 is 1.91. The van der Waals surface area contributed by atoms with Gasteiger partial charge in [-0.05, 0) is 81.2 Å². The highest BCUT2D eigenvalue weighted by Crippen LogP contribution is 2.32. The molecule has 0 saturated carbocycles. The highest BCUT2D eigenvalue weighted by Gasteiger charge is 2.27. The third kappa shape index (κ3) is 5.07. The van der Waals surface area contributed by atoms with E-state index in [0.29, 0.717) is 21.3 Å². The number of hydrogen-bond donors (Lipinski definition) is 2. The van der Waals surface area contributed by atoms with Gasteiger partial charge in [-0.15, -0.1) is 12.4 Å². The molecular weight excluding hydrogens is 455 g/mol. The van der Waals surface area contributed by atoms with Gasteiger partial charge in [-0.2, -0.15) is 5.10 Å². The van der Waals surface area contributed by atoms with E-state index in [-0.39, 0.29) is 24.2 Å². The minimum Gasteiger partial charge on any atom is -0.320 e. The van der Waals surface area contributed by atoms with Gasteiger partial charge in [-0.1, -0.05) is 29.3 Å². The average molecular weight is 480 g/mol. The van der Waals surface area contributed by atoms with Crippen molar-refractivity contribution in [3.8, 4) is 5.69 Å². The van der Waals surface area contributed by atoms with Gasteiger partial charge >= 0.3 is 0 Å². The number of nitrogens with zero attached hydrogens (tertiary/aromatic N) is 2. The number of carbonyl (C=O) groups excluding carboxylic acids is 1. The van der Waals surface area contributed by atoms with Crippen molar-refractivity contribution < 1.29 is 4.79 Å². The zero-order valence-corrected chi connectivity index (χ0v) is 19.7. The zero-order chi connectivity index (χ0) is 21.3. The molecule has 0 spiro atoms. The van der Waals surface area contributed by atoms with Gasteiger partial charge in [0.2, 0.25) is 0 Å². The van der Waals surface area contributed by atoms with Crippen LogP contribution in [0, 0.1) is 13.8 Å². The summed E-state index contributed by atoms with van der Waals surface area (Å²) in [5.41, 5.74) is 5.38. The fourth-order valence-electron chi connectivity index (χ4n) is 3.87. The van der Waals surface area contributed by atoms with Crippen LogP contribution in [0.2, 0.25) is 10.0 Å². The number of anilines is 1. The molecular formula is C23H25Cl3N4O. The highest BCUT2D eigenvalue weighted by atomic mass is 35.5. The predicted molar refractivity (Wildman–Crippen MR) is 130 cm³/mol. The number of amides is 1. The maximum absolute atomic E-state index is 13.2. The number of nitrogens with one attached hydrogen (secondary N) is 2. The van der Waals surface area contributed by atoms with Gasteiger partial charge in [0.05, 0.1) is 33.9 Å². The Kier molecular flexibility index (Phi) is 7.65. The number of piperidine rings is 1. The maximum Gasteiger partial charge on any atom is 0.259 e. The van der Waals surface area contributed by atoms with Crippen molar-refractivity contribution in [2.45, 2.75) is 32.6 Å². The molecule has 0 radical (unpaired) electrons. The molecule has 3 aromatic rings. The SMILES string of the molecule is Cc1ccc(-n2ncc(C(=O)Nc3cc(Cl)ccc3Cl)c2C2CCNCC2)cc1C.Cl. The van der Waals surface area contributed by atoms with E-state index < -0.39 is 0 Å².